The molecule has 0 aromatic carbocycles. The molecule has 0 radical (unpaired) electrons. The molecule has 0 aromatic rings. The van der Waals surface area contributed by atoms with Crippen LogP contribution in [0.3, 0.4) is 0 Å². The van der Waals surface area contributed by atoms with Gasteiger partial charge in [0.25, 0.3) is 0 Å². The van der Waals surface area contributed by atoms with Gasteiger partial charge in [-0.1, -0.05) is 0 Å². The van der Waals surface area contributed by atoms with Crippen LogP contribution in [0.5, 0.6) is 0 Å². The zero-order valence-corrected chi connectivity index (χ0v) is 4.78. The Kier molecular flexibility index (Phi) is 0.166. The van der Waals surface area contributed by atoms with E-state index in [1.54, 1.807) is 0 Å². The van der Waals surface area contributed by atoms with Crippen LogP contribution in [0, 0.1) is 0 Å². The van der Waals surface area contributed by atoms with Gasteiger partial charge in [-0.3, -0.25) is 0 Å². The van der Waals surface area contributed by atoms with Crippen molar-refractivity contribution in [1.29, 1.82) is 0 Å². The highest BCUT2D eigenvalue weighted by molar-refractivity contribution is 7.63. The summed E-state index contributed by atoms with van der Waals surface area (Å²) in [6.07, 6.45) is 0. The lowest BCUT2D eigenvalue weighted by molar-refractivity contribution is 1.73. The van der Waals surface area contributed by atoms with E-state index in [0.717, 1.165) is 0 Å². The fraction of sp³-hybridized carbons (Fsp3) is 1.00. The summed E-state index contributed by atoms with van der Waals surface area (Å²) in [6.45, 7) is 0. The molecule has 2 saturated heterocycles. The van der Waals surface area contributed by atoms with Crippen LogP contribution < -0.4 is 0 Å². The van der Waals surface area contributed by atoms with Gasteiger partial charge in [-0.2, -0.15) is 0 Å². The molecule has 2 aliphatic heterocycles. The summed E-state index contributed by atoms with van der Waals surface area (Å²) in [5.41, 5.74) is 0. The van der Waals surface area contributed by atoms with Gasteiger partial charge < -0.3 is 0 Å². The topological polar surface area (TPSA) is 0 Å². The average Bonchev–Trinajstić information content (AvgIpc) is 1.36. The van der Waals surface area contributed by atoms with Gasteiger partial charge in [0.15, 0.2) is 0 Å². The van der Waals surface area contributed by atoms with Crippen molar-refractivity contribution in [3.8, 4) is 0 Å². The van der Waals surface area contributed by atoms with Gasteiger partial charge in [-0.15, -0.1) is 8.58 Å². The van der Waals surface area contributed by atoms with Crippen molar-refractivity contribution in [2.24, 2.45) is 0 Å². The van der Waals surface area contributed by atoms with Crippen molar-refractivity contribution in [2.75, 3.05) is 0 Å². The van der Waals surface area contributed by atoms with Gasteiger partial charge in [0.05, 0.1) is 0 Å². The second-order valence-electron chi connectivity index (χ2n) is 1.62. The second-order valence-corrected chi connectivity index (χ2v) is 7.30. The highest BCUT2D eigenvalue weighted by Gasteiger charge is 2.53. The number of fused-ring (bicyclic) bond motifs is 1. The van der Waals surface area contributed by atoms with Crippen molar-refractivity contribution in [1.82, 2.24) is 0 Å². The Morgan fingerprint density at radius 1 is 1.50 bits per heavy atom. The molecule has 0 aromatic heterocycles. The molecule has 0 amide bonds. The van der Waals surface area contributed by atoms with E-state index in [-0.39, 0.29) is 0 Å². The largest absolute Gasteiger partial charge is 0.122 e. The molecule has 0 aliphatic carbocycles. The highest BCUT2D eigenvalue weighted by Crippen LogP contribution is 2.61. The Bertz CT molecular complexity index is 42.0. The third kappa shape index (κ3) is 0.0960. The Labute approximate surface area is 29.6 Å². The van der Waals surface area contributed by atoms with Crippen LogP contribution in [-0.2, 0) is 0 Å². The predicted octanol–water partition coefficient (Wildman–Crippen LogP) is -0.487. The summed E-state index contributed by atoms with van der Waals surface area (Å²) in [5.74, 6) is 0. The molecule has 0 N–H and O–H groups in total. The van der Waals surface area contributed by atoms with Crippen LogP contribution in [0.15, 0.2) is 0 Å². The van der Waals surface area contributed by atoms with Crippen molar-refractivity contribution >= 4 is 18.1 Å². The molecule has 4 heavy (non-hydrogen) atoms. The van der Waals surface area contributed by atoms with Gasteiger partial charge in [0, 0.05) is 9.52 Å². The maximum atomic E-state index is 1.47. The maximum absolute atomic E-state index is 1.47. The van der Waals surface area contributed by atoms with E-state index in [9.17, 15) is 0 Å². The van der Waals surface area contributed by atoms with Crippen molar-refractivity contribution in [2.45, 2.75) is 10.6 Å². The third-order valence-corrected chi connectivity index (χ3v) is 7.57. The number of hydrogen-bond donors (Lipinski definition) is 0. The summed E-state index contributed by atoms with van der Waals surface area (Å²) in [4.78, 5) is 0. The van der Waals surface area contributed by atoms with E-state index < -0.39 is 0 Å². The molecule has 22 valence electrons. The van der Waals surface area contributed by atoms with Crippen molar-refractivity contribution in [3.63, 3.8) is 0 Å². The Morgan fingerprint density at radius 3 is 1.75 bits per heavy atom. The van der Waals surface area contributed by atoms with Crippen LogP contribution in [0.2, 0.25) is 0 Å². The smallest absolute Gasteiger partial charge is 0.0372 e. The molecule has 2 unspecified atom stereocenters. The minimum atomic E-state index is 0.701. The second kappa shape index (κ2) is 0.342. The minimum absolute atomic E-state index is 0.701. The van der Waals surface area contributed by atoms with Crippen molar-refractivity contribution in [3.05, 3.63) is 0 Å². The van der Waals surface area contributed by atoms with E-state index in [1.807, 2.05) is 0 Å². The van der Waals surface area contributed by atoms with Gasteiger partial charge in [-0.05, 0) is 10.6 Å². The van der Waals surface area contributed by atoms with Crippen LogP contribution in [0.4, 0.5) is 0 Å². The molecule has 2 heterocycles. The standard InChI is InChI=1S/C2H5PSi/c3-1-2(3)4-1/h1-3H,4H2. The molecular weight excluding hydrogens is 83.1 g/mol. The maximum Gasteiger partial charge on any atom is 0.0372 e. The lowest BCUT2D eigenvalue weighted by Gasteiger charge is -1.60. The first-order valence-electron chi connectivity index (χ1n) is 1.73. The normalized spacial score (nSPS) is 78.0. The summed E-state index contributed by atoms with van der Waals surface area (Å²) >= 11 is 0. The first-order valence-corrected chi connectivity index (χ1v) is 4.51. The van der Waals surface area contributed by atoms with E-state index in [2.05, 4.69) is 0 Å². The minimum Gasteiger partial charge on any atom is -0.122 e. The van der Waals surface area contributed by atoms with Crippen LogP contribution in [-0.4, -0.2) is 20.1 Å². The first-order chi connectivity index (χ1) is 1.97. The van der Waals surface area contributed by atoms with E-state index in [4.69, 9.17) is 0 Å². The van der Waals surface area contributed by atoms with E-state index in [1.165, 1.54) is 19.1 Å². The molecule has 2 rings (SSSR count). The molecule has 0 spiro atoms. The third-order valence-electron chi connectivity index (χ3n) is 1.11. The predicted molar refractivity (Wildman–Crippen MR) is 24.4 cm³/mol. The fourth-order valence-corrected chi connectivity index (χ4v) is 3.51. The van der Waals surface area contributed by atoms with Gasteiger partial charge in [0.1, 0.15) is 0 Å². The van der Waals surface area contributed by atoms with Crippen LogP contribution in [0.1, 0.15) is 0 Å². The lowest BCUT2D eigenvalue weighted by atomic mass is 11.0. The van der Waals surface area contributed by atoms with Gasteiger partial charge >= 0.3 is 0 Å². The molecule has 0 bridgehead atoms. The first kappa shape index (κ1) is 1.94. The zero-order chi connectivity index (χ0) is 2.57. The number of hydrogen-bond acceptors (Lipinski definition) is 0. The monoisotopic (exact) mass is 88.0 g/mol. The summed E-state index contributed by atoms with van der Waals surface area (Å²) < 4.78 is 0. The van der Waals surface area contributed by atoms with E-state index in [0.29, 0.717) is 9.52 Å². The molecular formula is C2H5PSi. The van der Waals surface area contributed by atoms with Crippen LogP contribution in [0.25, 0.3) is 0 Å². The Morgan fingerprint density at radius 2 is 1.75 bits per heavy atom. The molecule has 2 heteroatoms. The molecule has 0 saturated carbocycles. The summed E-state index contributed by atoms with van der Waals surface area (Å²) in [5, 5.41) is 2.83. The fourth-order valence-electron chi connectivity index (χ4n) is 0.390. The Hall–Kier alpha value is 0.647. The molecule has 2 fully saturated rings. The van der Waals surface area contributed by atoms with Gasteiger partial charge in [0.2, 0.25) is 0 Å². The van der Waals surface area contributed by atoms with E-state index >= 15 is 0 Å². The summed E-state index contributed by atoms with van der Waals surface area (Å²) in [7, 11) is 2.17. The Balaban J connectivity index is 2.48. The zero-order valence-electron chi connectivity index (χ0n) is 2.36. The highest BCUT2D eigenvalue weighted by atomic mass is 31.1. The SMILES string of the molecule is [SiH2]1C2PC12. The van der Waals surface area contributed by atoms with Crippen molar-refractivity contribution < 1.29 is 0 Å². The molecule has 0 nitrogen and oxygen atoms in total. The lowest BCUT2D eigenvalue weighted by Crippen LogP contribution is -1.62. The average molecular weight is 88.1 g/mol. The number of rotatable bonds is 0. The quantitative estimate of drug-likeness (QED) is 0.277. The van der Waals surface area contributed by atoms with Crippen LogP contribution >= 0.6 is 8.58 Å². The molecule has 2 atom stereocenters. The molecule has 2 aliphatic rings. The summed E-state index contributed by atoms with van der Waals surface area (Å²) in [6, 6.07) is 0. The van der Waals surface area contributed by atoms with Gasteiger partial charge in [-0.25, -0.2) is 0 Å².